The zero-order valence-electron chi connectivity index (χ0n) is 12.2. The maximum Gasteiger partial charge on any atom is 0.228 e. The van der Waals surface area contributed by atoms with Crippen LogP contribution in [-0.4, -0.2) is 51.3 Å². The minimum Gasteiger partial charge on any atom is -0.508 e. The number of aromatic hydroxyl groups is 1. The summed E-state index contributed by atoms with van der Waals surface area (Å²) in [4.78, 5) is 18.9. The Morgan fingerprint density at radius 1 is 1.17 bits per heavy atom. The van der Waals surface area contributed by atoms with Gasteiger partial charge in [-0.2, -0.15) is 4.98 Å². The minimum atomic E-state index is 0.191. The van der Waals surface area contributed by atoms with Gasteiger partial charge >= 0.3 is 0 Å². The van der Waals surface area contributed by atoms with Gasteiger partial charge in [0, 0.05) is 18.7 Å². The monoisotopic (exact) mass is 375 g/mol. The highest BCUT2D eigenvalue weighted by Gasteiger charge is 2.19. The molecule has 118 valence electrons. The molecule has 0 atom stereocenters. The lowest BCUT2D eigenvalue weighted by Crippen LogP contribution is -2.37. The van der Waals surface area contributed by atoms with Gasteiger partial charge in [-0.25, -0.2) is 9.97 Å². The maximum atomic E-state index is 9.76. The van der Waals surface area contributed by atoms with Gasteiger partial charge in [0.05, 0.1) is 13.2 Å². The summed E-state index contributed by atoms with van der Waals surface area (Å²) < 4.78 is 5.98. The Balaban J connectivity index is 1.90. The van der Waals surface area contributed by atoms with Crippen molar-refractivity contribution >= 4 is 33.0 Å². The molecule has 0 amide bonds. The Labute approximate surface area is 140 Å². The standard InChI is InChI=1S/C15H14BrN5O2/c16-14-17-12-11(9-2-1-3-10(22)8-9)18-15(20-13(12)19-14)21-4-6-23-7-5-21/h1-3,8,22H,4-7H2,(H,17,18,19,20). The average Bonchev–Trinajstić information content (AvgIpc) is 2.95. The lowest BCUT2D eigenvalue weighted by molar-refractivity contribution is 0.122. The minimum absolute atomic E-state index is 0.191. The van der Waals surface area contributed by atoms with Crippen LogP contribution in [0, 0.1) is 0 Å². The van der Waals surface area contributed by atoms with Crippen LogP contribution in [0.2, 0.25) is 0 Å². The van der Waals surface area contributed by atoms with E-state index in [9.17, 15) is 5.11 Å². The number of anilines is 1. The molecule has 0 unspecified atom stereocenters. The van der Waals surface area contributed by atoms with Gasteiger partial charge in [0.15, 0.2) is 10.4 Å². The Hall–Kier alpha value is -2.19. The van der Waals surface area contributed by atoms with Crippen molar-refractivity contribution in [3.05, 3.63) is 29.0 Å². The predicted molar refractivity (Wildman–Crippen MR) is 89.5 cm³/mol. The maximum absolute atomic E-state index is 9.76. The number of hydrogen-bond donors (Lipinski definition) is 2. The van der Waals surface area contributed by atoms with Crippen LogP contribution in [-0.2, 0) is 4.74 Å². The molecule has 0 radical (unpaired) electrons. The first-order valence-corrected chi connectivity index (χ1v) is 8.05. The summed E-state index contributed by atoms with van der Waals surface area (Å²) in [6, 6.07) is 6.99. The number of ether oxygens (including phenoxy) is 1. The normalized spacial score (nSPS) is 15.3. The SMILES string of the molecule is Oc1cccc(-c2nc(N3CCOCC3)nc3[nH]c(Br)nc23)c1. The lowest BCUT2D eigenvalue weighted by Gasteiger charge is -2.26. The van der Waals surface area contributed by atoms with E-state index >= 15 is 0 Å². The van der Waals surface area contributed by atoms with Crippen LogP contribution in [0.25, 0.3) is 22.4 Å². The van der Waals surface area contributed by atoms with Crippen LogP contribution in [0.15, 0.2) is 29.0 Å². The molecule has 0 bridgehead atoms. The molecule has 1 saturated heterocycles. The summed E-state index contributed by atoms with van der Waals surface area (Å²) >= 11 is 3.35. The van der Waals surface area contributed by atoms with E-state index in [-0.39, 0.29) is 5.75 Å². The molecule has 1 aliphatic heterocycles. The molecule has 1 fully saturated rings. The number of aromatic nitrogens is 4. The van der Waals surface area contributed by atoms with E-state index < -0.39 is 0 Å². The third-order valence-corrected chi connectivity index (χ3v) is 4.09. The Morgan fingerprint density at radius 2 is 2.00 bits per heavy atom. The smallest absolute Gasteiger partial charge is 0.228 e. The predicted octanol–water partition coefficient (Wildman–Crippen LogP) is 2.32. The molecule has 2 aromatic heterocycles. The van der Waals surface area contributed by atoms with Crippen LogP contribution in [0.3, 0.4) is 0 Å². The number of phenolic OH excluding ortho intramolecular Hbond substituents is 1. The number of nitrogens with zero attached hydrogens (tertiary/aromatic N) is 4. The zero-order chi connectivity index (χ0) is 15.8. The zero-order valence-corrected chi connectivity index (χ0v) is 13.7. The second-order valence-electron chi connectivity index (χ2n) is 5.25. The van der Waals surface area contributed by atoms with Crippen molar-refractivity contribution in [2.24, 2.45) is 0 Å². The molecule has 0 saturated carbocycles. The average molecular weight is 376 g/mol. The molecule has 23 heavy (non-hydrogen) atoms. The number of phenols is 1. The second kappa shape index (κ2) is 5.78. The van der Waals surface area contributed by atoms with Gasteiger partial charge < -0.3 is 19.7 Å². The Bertz CT molecular complexity index is 860. The summed E-state index contributed by atoms with van der Waals surface area (Å²) in [5.41, 5.74) is 2.81. The molecular weight excluding hydrogens is 362 g/mol. The van der Waals surface area contributed by atoms with Crippen molar-refractivity contribution in [3.63, 3.8) is 0 Å². The molecule has 1 aliphatic rings. The quantitative estimate of drug-likeness (QED) is 0.668. The third-order valence-electron chi connectivity index (χ3n) is 3.72. The summed E-state index contributed by atoms with van der Waals surface area (Å²) in [5.74, 6) is 0.826. The van der Waals surface area contributed by atoms with Gasteiger partial charge in [0.1, 0.15) is 17.0 Å². The second-order valence-corrected chi connectivity index (χ2v) is 6.00. The van der Waals surface area contributed by atoms with Gasteiger partial charge in [-0.15, -0.1) is 0 Å². The number of nitrogens with one attached hydrogen (secondary N) is 1. The van der Waals surface area contributed by atoms with Crippen LogP contribution in [0.1, 0.15) is 0 Å². The van der Waals surface area contributed by atoms with Gasteiger partial charge in [-0.1, -0.05) is 12.1 Å². The number of rotatable bonds is 2. The van der Waals surface area contributed by atoms with E-state index in [0.717, 1.165) is 18.7 Å². The van der Waals surface area contributed by atoms with Gasteiger partial charge in [0.2, 0.25) is 5.95 Å². The van der Waals surface area contributed by atoms with Crippen molar-refractivity contribution < 1.29 is 9.84 Å². The fourth-order valence-corrected chi connectivity index (χ4v) is 2.98. The third kappa shape index (κ3) is 2.75. The number of imidazole rings is 1. The summed E-state index contributed by atoms with van der Waals surface area (Å²) in [7, 11) is 0. The number of fused-ring (bicyclic) bond motifs is 1. The van der Waals surface area contributed by atoms with E-state index in [4.69, 9.17) is 9.72 Å². The van der Waals surface area contributed by atoms with E-state index in [2.05, 4.69) is 35.8 Å². The molecule has 7 nitrogen and oxygen atoms in total. The van der Waals surface area contributed by atoms with Crippen LogP contribution in [0.5, 0.6) is 5.75 Å². The number of aromatic amines is 1. The number of H-pyrrole nitrogens is 1. The summed E-state index contributed by atoms with van der Waals surface area (Å²) in [6.45, 7) is 2.83. The molecule has 4 rings (SSSR count). The number of hydrogen-bond acceptors (Lipinski definition) is 6. The fraction of sp³-hybridized carbons (Fsp3) is 0.267. The first-order chi connectivity index (χ1) is 11.2. The number of benzene rings is 1. The van der Waals surface area contributed by atoms with Gasteiger partial charge in [-0.05, 0) is 28.1 Å². The summed E-state index contributed by atoms with van der Waals surface area (Å²) in [5, 5.41) is 9.76. The van der Waals surface area contributed by atoms with Crippen LogP contribution >= 0.6 is 15.9 Å². The van der Waals surface area contributed by atoms with E-state index in [1.165, 1.54) is 0 Å². The van der Waals surface area contributed by atoms with Crippen molar-refractivity contribution in [1.29, 1.82) is 0 Å². The molecule has 8 heteroatoms. The lowest BCUT2D eigenvalue weighted by atomic mass is 10.1. The molecule has 3 aromatic rings. The topological polar surface area (TPSA) is 87.2 Å². The van der Waals surface area contributed by atoms with Crippen molar-refractivity contribution in [2.45, 2.75) is 0 Å². The molecule has 3 heterocycles. The van der Waals surface area contributed by atoms with Crippen LogP contribution < -0.4 is 4.90 Å². The van der Waals surface area contributed by atoms with Crippen molar-refractivity contribution in [2.75, 3.05) is 31.2 Å². The van der Waals surface area contributed by atoms with E-state index in [0.29, 0.717) is 40.8 Å². The largest absolute Gasteiger partial charge is 0.508 e. The highest BCUT2D eigenvalue weighted by atomic mass is 79.9. The van der Waals surface area contributed by atoms with E-state index in [1.54, 1.807) is 18.2 Å². The summed E-state index contributed by atoms with van der Waals surface area (Å²) in [6.07, 6.45) is 0. The van der Waals surface area contributed by atoms with Crippen molar-refractivity contribution in [3.8, 4) is 17.0 Å². The van der Waals surface area contributed by atoms with Crippen molar-refractivity contribution in [1.82, 2.24) is 19.9 Å². The van der Waals surface area contributed by atoms with Crippen LogP contribution in [0.4, 0.5) is 5.95 Å². The Kier molecular flexibility index (Phi) is 3.62. The molecule has 2 N–H and O–H groups in total. The number of halogens is 1. The molecule has 0 spiro atoms. The first kappa shape index (κ1) is 14.4. The molecular formula is C15H14BrN5O2. The van der Waals surface area contributed by atoms with Gasteiger partial charge in [0.25, 0.3) is 0 Å². The number of morpholine rings is 1. The van der Waals surface area contributed by atoms with Gasteiger partial charge in [-0.3, -0.25) is 0 Å². The Morgan fingerprint density at radius 3 is 2.78 bits per heavy atom. The highest BCUT2D eigenvalue weighted by Crippen LogP contribution is 2.30. The highest BCUT2D eigenvalue weighted by molar-refractivity contribution is 9.10. The fourth-order valence-electron chi connectivity index (χ4n) is 2.62. The molecule has 1 aromatic carbocycles. The first-order valence-electron chi connectivity index (χ1n) is 7.26. The molecule has 0 aliphatic carbocycles. The van der Waals surface area contributed by atoms with E-state index in [1.807, 2.05) is 6.07 Å².